The zero-order valence-electron chi connectivity index (χ0n) is 6.20. The van der Waals surface area contributed by atoms with Crippen molar-refractivity contribution in [2.24, 2.45) is 0 Å². The first-order valence-electron chi connectivity index (χ1n) is 3.22. The molecule has 0 aliphatic rings. The Morgan fingerprint density at radius 1 is 1.46 bits per heavy atom. The molecule has 6 heteroatoms. The normalized spacial score (nSPS) is 11.8. The van der Waals surface area contributed by atoms with Crippen LogP contribution in [0.3, 0.4) is 0 Å². The van der Waals surface area contributed by atoms with E-state index in [-0.39, 0.29) is 16.0 Å². The molecule has 0 spiro atoms. The van der Waals surface area contributed by atoms with E-state index in [0.29, 0.717) is 0 Å². The summed E-state index contributed by atoms with van der Waals surface area (Å²) >= 11 is 8.32. The van der Waals surface area contributed by atoms with Gasteiger partial charge in [-0.1, -0.05) is 27.5 Å². The Morgan fingerprint density at radius 2 is 2.08 bits per heavy atom. The van der Waals surface area contributed by atoms with Crippen LogP contribution >= 0.6 is 27.5 Å². The van der Waals surface area contributed by atoms with Crippen molar-refractivity contribution in [2.45, 2.75) is 11.5 Å². The van der Waals surface area contributed by atoms with Gasteiger partial charge in [0.25, 0.3) is 0 Å². The third-order valence-electron chi connectivity index (χ3n) is 1.37. The Kier molecular flexibility index (Phi) is 3.18. The fourth-order valence-electron chi connectivity index (χ4n) is 0.820. The van der Waals surface area contributed by atoms with Crippen LogP contribution in [0.4, 0.5) is 13.2 Å². The topological polar surface area (TPSA) is 12.9 Å². The molecule has 1 aromatic rings. The Balaban J connectivity index is 3.24. The third-order valence-corrected chi connectivity index (χ3v) is 2.11. The fraction of sp³-hybridized carbons (Fsp3) is 0.286. The van der Waals surface area contributed by atoms with E-state index in [4.69, 9.17) is 11.6 Å². The molecule has 72 valence electrons. The zero-order valence-corrected chi connectivity index (χ0v) is 8.54. The maximum absolute atomic E-state index is 12.3. The van der Waals surface area contributed by atoms with Crippen molar-refractivity contribution in [3.8, 4) is 0 Å². The number of nitrogens with zero attached hydrogens (tertiary/aromatic N) is 1. The molecule has 0 saturated heterocycles. The van der Waals surface area contributed by atoms with Gasteiger partial charge in [-0.3, -0.25) is 4.98 Å². The number of halogens is 5. The molecule has 1 heterocycles. The summed E-state index contributed by atoms with van der Waals surface area (Å²) in [5, 5.41) is 0.0379. The lowest BCUT2D eigenvalue weighted by Gasteiger charge is -2.09. The Bertz CT molecular complexity index is 313. The van der Waals surface area contributed by atoms with Crippen molar-refractivity contribution in [3.05, 3.63) is 28.5 Å². The molecule has 0 fully saturated rings. The summed E-state index contributed by atoms with van der Waals surface area (Å²) in [6, 6.07) is 0.866. The molecule has 1 aromatic heterocycles. The molecule has 1 rings (SSSR count). The van der Waals surface area contributed by atoms with Crippen LogP contribution in [-0.2, 0) is 11.5 Å². The lowest BCUT2D eigenvalue weighted by Crippen LogP contribution is -2.09. The largest absolute Gasteiger partial charge is 0.418 e. The number of hydrogen-bond donors (Lipinski definition) is 0. The first-order chi connectivity index (χ1) is 5.95. The molecule has 0 aromatic carbocycles. The number of aromatic nitrogens is 1. The molecule has 0 aliphatic heterocycles. The van der Waals surface area contributed by atoms with Gasteiger partial charge in [-0.25, -0.2) is 0 Å². The van der Waals surface area contributed by atoms with Gasteiger partial charge in [-0.05, 0) is 6.07 Å². The van der Waals surface area contributed by atoms with Crippen molar-refractivity contribution < 1.29 is 13.2 Å². The SMILES string of the molecule is FC(F)(F)c1cc(Cl)cnc1CBr. The maximum atomic E-state index is 12.3. The quantitative estimate of drug-likeness (QED) is 0.712. The average molecular weight is 274 g/mol. The van der Waals surface area contributed by atoms with E-state index in [1.165, 1.54) is 6.20 Å². The molecular weight excluding hydrogens is 270 g/mol. The van der Waals surface area contributed by atoms with Crippen LogP contribution in [0.2, 0.25) is 5.02 Å². The van der Waals surface area contributed by atoms with E-state index in [1.54, 1.807) is 0 Å². The number of rotatable bonds is 1. The van der Waals surface area contributed by atoms with Gasteiger partial charge >= 0.3 is 6.18 Å². The van der Waals surface area contributed by atoms with Crippen LogP contribution in [0.25, 0.3) is 0 Å². The van der Waals surface area contributed by atoms with Gasteiger partial charge in [0.15, 0.2) is 0 Å². The summed E-state index contributed by atoms with van der Waals surface area (Å²) in [7, 11) is 0. The van der Waals surface area contributed by atoms with Crippen molar-refractivity contribution >= 4 is 27.5 Å². The summed E-state index contributed by atoms with van der Waals surface area (Å²) in [5.41, 5.74) is -0.853. The maximum Gasteiger partial charge on any atom is 0.418 e. The summed E-state index contributed by atoms with van der Waals surface area (Å²) in [6.07, 6.45) is -3.21. The summed E-state index contributed by atoms with van der Waals surface area (Å²) in [4.78, 5) is 3.56. The molecule has 13 heavy (non-hydrogen) atoms. The van der Waals surface area contributed by atoms with Crippen LogP contribution in [0, 0.1) is 0 Å². The van der Waals surface area contributed by atoms with Gasteiger partial charge in [0.2, 0.25) is 0 Å². The number of pyridine rings is 1. The van der Waals surface area contributed by atoms with E-state index in [2.05, 4.69) is 20.9 Å². The zero-order chi connectivity index (χ0) is 10.1. The van der Waals surface area contributed by atoms with E-state index in [9.17, 15) is 13.2 Å². The van der Waals surface area contributed by atoms with Crippen LogP contribution in [0.1, 0.15) is 11.3 Å². The molecule has 0 bridgehead atoms. The van der Waals surface area contributed by atoms with E-state index < -0.39 is 11.7 Å². The molecule has 0 N–H and O–H groups in total. The highest BCUT2D eigenvalue weighted by molar-refractivity contribution is 9.08. The summed E-state index contributed by atoms with van der Waals surface area (Å²) < 4.78 is 36.9. The predicted octanol–water partition coefficient (Wildman–Crippen LogP) is 3.65. The molecule has 0 atom stereocenters. The monoisotopic (exact) mass is 273 g/mol. The standard InChI is InChI=1S/C7H4BrClF3N/c8-2-6-5(7(10,11)12)1-4(9)3-13-6/h1,3H,2H2. The predicted molar refractivity (Wildman–Crippen MR) is 46.9 cm³/mol. The van der Waals surface area contributed by atoms with E-state index in [1.807, 2.05) is 0 Å². The second-order valence-electron chi connectivity index (χ2n) is 2.28. The fourth-order valence-corrected chi connectivity index (χ4v) is 1.42. The van der Waals surface area contributed by atoms with Gasteiger partial charge < -0.3 is 0 Å². The Hall–Kier alpha value is -0.290. The molecule has 0 unspecified atom stereocenters. The Labute approximate surface area is 86.0 Å². The third kappa shape index (κ3) is 2.57. The summed E-state index contributed by atoms with van der Waals surface area (Å²) in [5.74, 6) is 0. The lowest BCUT2D eigenvalue weighted by atomic mass is 10.2. The molecule has 1 nitrogen and oxygen atoms in total. The number of hydrogen-bond acceptors (Lipinski definition) is 1. The second kappa shape index (κ2) is 3.84. The van der Waals surface area contributed by atoms with Crippen LogP contribution in [-0.4, -0.2) is 4.98 Å². The van der Waals surface area contributed by atoms with Gasteiger partial charge in [0.1, 0.15) is 0 Å². The minimum Gasteiger partial charge on any atom is -0.258 e. The molecule has 0 saturated carbocycles. The van der Waals surface area contributed by atoms with Crippen LogP contribution in [0.5, 0.6) is 0 Å². The minimum absolute atomic E-state index is 0.0166. The van der Waals surface area contributed by atoms with Crippen molar-refractivity contribution in [1.29, 1.82) is 0 Å². The van der Waals surface area contributed by atoms with Crippen LogP contribution in [0.15, 0.2) is 12.3 Å². The van der Waals surface area contributed by atoms with Gasteiger partial charge in [0, 0.05) is 11.5 Å². The smallest absolute Gasteiger partial charge is 0.258 e. The first-order valence-corrected chi connectivity index (χ1v) is 4.72. The Morgan fingerprint density at radius 3 is 2.54 bits per heavy atom. The van der Waals surface area contributed by atoms with Gasteiger partial charge in [-0.2, -0.15) is 13.2 Å². The lowest BCUT2D eigenvalue weighted by molar-refractivity contribution is -0.138. The number of alkyl halides is 4. The highest BCUT2D eigenvalue weighted by Gasteiger charge is 2.33. The van der Waals surface area contributed by atoms with Gasteiger partial charge in [0.05, 0.1) is 16.3 Å². The molecular formula is C7H4BrClF3N. The second-order valence-corrected chi connectivity index (χ2v) is 3.28. The molecule has 0 amide bonds. The molecule has 0 aliphatic carbocycles. The first kappa shape index (κ1) is 10.8. The van der Waals surface area contributed by atoms with Crippen LogP contribution < -0.4 is 0 Å². The average Bonchev–Trinajstić information content (AvgIpc) is 2.03. The highest BCUT2D eigenvalue weighted by Crippen LogP contribution is 2.33. The van der Waals surface area contributed by atoms with Crippen molar-refractivity contribution in [2.75, 3.05) is 0 Å². The highest BCUT2D eigenvalue weighted by atomic mass is 79.9. The summed E-state index contributed by atoms with van der Waals surface area (Å²) in [6.45, 7) is 0. The van der Waals surface area contributed by atoms with Crippen molar-refractivity contribution in [3.63, 3.8) is 0 Å². The van der Waals surface area contributed by atoms with Crippen molar-refractivity contribution in [1.82, 2.24) is 4.98 Å². The van der Waals surface area contributed by atoms with E-state index in [0.717, 1.165) is 6.07 Å². The van der Waals surface area contributed by atoms with Gasteiger partial charge in [-0.15, -0.1) is 0 Å². The van der Waals surface area contributed by atoms with E-state index >= 15 is 0 Å². The minimum atomic E-state index is -4.40. The molecule has 0 radical (unpaired) electrons.